The third-order valence-electron chi connectivity index (χ3n) is 6.39. The van der Waals surface area contributed by atoms with Crippen molar-refractivity contribution in [3.8, 4) is 0 Å². The number of benzene rings is 1. The lowest BCUT2D eigenvalue weighted by atomic mass is 9.83. The summed E-state index contributed by atoms with van der Waals surface area (Å²) < 4.78 is 0. The summed E-state index contributed by atoms with van der Waals surface area (Å²) in [5.41, 5.74) is 10.3. The molecular weight excluding hydrogens is 414 g/mol. The van der Waals surface area contributed by atoms with Crippen LogP contribution in [0.1, 0.15) is 75.8 Å². The van der Waals surface area contributed by atoms with E-state index in [9.17, 15) is 0 Å². The zero-order valence-corrected chi connectivity index (χ0v) is 22.4. The van der Waals surface area contributed by atoms with Gasteiger partial charge in [0, 0.05) is 18.4 Å². The zero-order chi connectivity index (χ0) is 25.8. The minimum Gasteiger partial charge on any atom is -0.377 e. The maximum absolute atomic E-state index is 4.81. The molecular formula is C31H43N3. The van der Waals surface area contributed by atoms with Gasteiger partial charge in [-0.15, -0.1) is 0 Å². The number of fused-ring (bicyclic) bond motifs is 1. The summed E-state index contributed by atoms with van der Waals surface area (Å²) in [6, 6.07) is 4.74. The van der Waals surface area contributed by atoms with Crippen LogP contribution in [0.15, 0.2) is 85.0 Å². The number of hydrogen-bond donors (Lipinski definition) is 1. The summed E-state index contributed by atoms with van der Waals surface area (Å²) in [4.78, 5) is 6.73. The Morgan fingerprint density at radius 1 is 1.18 bits per heavy atom. The van der Waals surface area contributed by atoms with Crippen LogP contribution in [-0.4, -0.2) is 17.7 Å². The van der Waals surface area contributed by atoms with E-state index in [1.807, 2.05) is 31.9 Å². The van der Waals surface area contributed by atoms with Gasteiger partial charge in [0.05, 0.1) is 11.8 Å². The Balaban J connectivity index is 2.22. The molecule has 0 aromatic heterocycles. The van der Waals surface area contributed by atoms with Crippen molar-refractivity contribution in [2.24, 2.45) is 10.4 Å². The smallest absolute Gasteiger partial charge is 0.133 e. The first kappa shape index (κ1) is 27.2. The minimum absolute atomic E-state index is 0.227. The number of hydrogen-bond acceptors (Lipinski definition) is 3. The number of rotatable bonds is 10. The van der Waals surface area contributed by atoms with E-state index in [4.69, 9.17) is 4.99 Å². The summed E-state index contributed by atoms with van der Waals surface area (Å²) in [6.07, 6.45) is 6.69. The summed E-state index contributed by atoms with van der Waals surface area (Å²) in [5, 5.41) is 3.63. The Labute approximate surface area is 208 Å². The van der Waals surface area contributed by atoms with Crippen LogP contribution in [0.25, 0.3) is 5.57 Å². The van der Waals surface area contributed by atoms with Gasteiger partial charge in [-0.1, -0.05) is 71.9 Å². The van der Waals surface area contributed by atoms with Crippen LogP contribution in [-0.2, 0) is 6.42 Å². The van der Waals surface area contributed by atoms with E-state index >= 15 is 0 Å². The van der Waals surface area contributed by atoms with Crippen molar-refractivity contribution >= 4 is 11.3 Å². The molecule has 1 aliphatic carbocycles. The van der Waals surface area contributed by atoms with Crippen LogP contribution in [0.5, 0.6) is 0 Å². The molecule has 1 aromatic carbocycles. The van der Waals surface area contributed by atoms with Gasteiger partial charge in [0.15, 0.2) is 0 Å². The molecule has 3 heteroatoms. The third kappa shape index (κ3) is 6.50. The normalized spacial score (nSPS) is 16.0. The van der Waals surface area contributed by atoms with E-state index < -0.39 is 0 Å². The zero-order valence-electron chi connectivity index (χ0n) is 22.4. The lowest BCUT2D eigenvalue weighted by Gasteiger charge is -2.24. The molecule has 0 amide bonds. The van der Waals surface area contributed by atoms with E-state index in [0.29, 0.717) is 0 Å². The molecule has 3 nitrogen and oxygen atoms in total. The number of likely N-dealkylation sites (N-methyl/N-ethyl adjacent to an activating group) is 1. The van der Waals surface area contributed by atoms with Crippen molar-refractivity contribution in [2.75, 3.05) is 7.05 Å². The fourth-order valence-electron chi connectivity index (χ4n) is 4.46. The Bertz CT molecular complexity index is 1070. The standard InChI is InChI=1S/C31H43N3/c1-13-14-30(34(12)25(8)20(2)3)33-24(7)23(6)32-29-18-17-27-22(5)26(15-16-28(27)29)21(4)19-31(9,10)11/h13-16,29,32H,1-2,4,6,8,17-19H2,3,5,7,9-12H3/b30-14-,33-24+/t29-/m0/s1. The molecule has 0 heterocycles. The molecule has 0 spiro atoms. The molecule has 34 heavy (non-hydrogen) atoms. The molecule has 0 radical (unpaired) electrons. The molecule has 0 saturated carbocycles. The quantitative estimate of drug-likeness (QED) is 0.284. The Hall–Kier alpha value is -3.07. The molecule has 1 aromatic rings. The summed E-state index contributed by atoms with van der Waals surface area (Å²) in [7, 11) is 1.93. The molecule has 0 fully saturated rings. The van der Waals surface area contributed by atoms with Crippen molar-refractivity contribution in [1.29, 1.82) is 0 Å². The lowest BCUT2D eigenvalue weighted by molar-refractivity contribution is 0.427. The van der Waals surface area contributed by atoms with Crippen molar-refractivity contribution in [1.82, 2.24) is 10.2 Å². The van der Waals surface area contributed by atoms with E-state index in [-0.39, 0.29) is 11.5 Å². The number of aliphatic imine (C=N–C) groups is 1. The van der Waals surface area contributed by atoms with Crippen molar-refractivity contribution < 1.29 is 0 Å². The van der Waals surface area contributed by atoms with Crippen LogP contribution >= 0.6 is 0 Å². The fraction of sp³-hybridized carbons (Fsp3) is 0.387. The molecule has 1 N–H and O–H groups in total. The Morgan fingerprint density at radius 3 is 2.38 bits per heavy atom. The topological polar surface area (TPSA) is 27.6 Å². The number of nitrogens with zero attached hydrogens (tertiary/aromatic N) is 2. The largest absolute Gasteiger partial charge is 0.377 e. The molecule has 1 aliphatic rings. The number of nitrogens with one attached hydrogen (secondary N) is 1. The Kier molecular flexibility index (Phi) is 8.72. The molecule has 0 saturated heterocycles. The molecule has 1 atom stereocenters. The van der Waals surface area contributed by atoms with Crippen LogP contribution in [0.3, 0.4) is 0 Å². The van der Waals surface area contributed by atoms with Crippen molar-refractivity contribution in [3.63, 3.8) is 0 Å². The second kappa shape index (κ2) is 10.9. The monoisotopic (exact) mass is 457 g/mol. The van der Waals surface area contributed by atoms with Crippen molar-refractivity contribution in [3.05, 3.63) is 102 Å². The second-order valence-corrected chi connectivity index (χ2v) is 10.6. The first-order chi connectivity index (χ1) is 15.8. The number of allylic oxidation sites excluding steroid dienone is 5. The van der Waals surface area contributed by atoms with Gasteiger partial charge in [0.2, 0.25) is 0 Å². The molecule has 0 bridgehead atoms. The third-order valence-corrected chi connectivity index (χ3v) is 6.39. The van der Waals surface area contributed by atoms with E-state index in [1.54, 1.807) is 6.08 Å². The summed E-state index contributed by atoms with van der Waals surface area (Å²) in [6.45, 7) is 33.5. The summed E-state index contributed by atoms with van der Waals surface area (Å²) >= 11 is 0. The summed E-state index contributed by atoms with van der Waals surface area (Å²) in [5.74, 6) is 0.744. The van der Waals surface area contributed by atoms with Gasteiger partial charge in [-0.25, -0.2) is 4.99 Å². The maximum Gasteiger partial charge on any atom is 0.133 e. The highest BCUT2D eigenvalue weighted by Crippen LogP contribution is 2.38. The average Bonchev–Trinajstić information content (AvgIpc) is 3.14. The predicted molar refractivity (Wildman–Crippen MR) is 151 cm³/mol. The van der Waals surface area contributed by atoms with Crippen LogP contribution in [0.2, 0.25) is 0 Å². The van der Waals surface area contributed by atoms with Crippen molar-refractivity contribution in [2.45, 2.75) is 66.8 Å². The van der Waals surface area contributed by atoms with Gasteiger partial charge < -0.3 is 10.2 Å². The second-order valence-electron chi connectivity index (χ2n) is 10.6. The highest BCUT2D eigenvalue weighted by atomic mass is 15.2. The predicted octanol–water partition coefficient (Wildman–Crippen LogP) is 8.04. The van der Waals surface area contributed by atoms with Gasteiger partial charge in [0.25, 0.3) is 0 Å². The fourth-order valence-corrected chi connectivity index (χ4v) is 4.46. The van der Waals surface area contributed by atoms with Gasteiger partial charge in [-0.2, -0.15) is 0 Å². The Morgan fingerprint density at radius 2 is 1.82 bits per heavy atom. The van der Waals surface area contributed by atoms with Crippen LogP contribution in [0.4, 0.5) is 0 Å². The van der Waals surface area contributed by atoms with Gasteiger partial charge in [-0.3, -0.25) is 0 Å². The van der Waals surface area contributed by atoms with E-state index in [1.165, 1.54) is 27.8 Å². The first-order valence-corrected chi connectivity index (χ1v) is 12.0. The SMILES string of the molecule is C=C/C=C(/N=C(\C)C(=C)N[C@H]1CCc2c1ccc(C(=C)CC(C)(C)C)c2C)N(C)C(=C)C(=C)C. The van der Waals surface area contributed by atoms with E-state index in [0.717, 1.165) is 47.8 Å². The van der Waals surface area contributed by atoms with Crippen LogP contribution in [0, 0.1) is 12.3 Å². The maximum atomic E-state index is 4.81. The average molecular weight is 458 g/mol. The van der Waals surface area contributed by atoms with Crippen LogP contribution < -0.4 is 5.32 Å². The van der Waals surface area contributed by atoms with E-state index in [2.05, 4.69) is 78.0 Å². The van der Waals surface area contributed by atoms with Gasteiger partial charge in [-0.05, 0) is 84.9 Å². The first-order valence-electron chi connectivity index (χ1n) is 12.0. The van der Waals surface area contributed by atoms with Gasteiger partial charge in [0.1, 0.15) is 5.82 Å². The molecule has 0 unspecified atom stereocenters. The van der Waals surface area contributed by atoms with Gasteiger partial charge >= 0.3 is 0 Å². The lowest BCUT2D eigenvalue weighted by Crippen LogP contribution is -2.23. The molecule has 182 valence electrons. The highest BCUT2D eigenvalue weighted by molar-refractivity contribution is 5.97. The molecule has 2 rings (SSSR count). The molecule has 0 aliphatic heterocycles. The minimum atomic E-state index is 0.227. The highest BCUT2D eigenvalue weighted by Gasteiger charge is 2.26.